The first kappa shape index (κ1) is 13.9. The Labute approximate surface area is 102 Å². The zero-order valence-electron chi connectivity index (χ0n) is 10.3. The van der Waals surface area contributed by atoms with Crippen molar-refractivity contribution in [1.29, 1.82) is 0 Å². The average molecular weight is 242 g/mol. The van der Waals surface area contributed by atoms with Crippen LogP contribution in [-0.4, -0.2) is 42.0 Å². The Morgan fingerprint density at radius 3 is 2.82 bits per heavy atom. The topological polar surface area (TPSA) is 101 Å². The molecule has 5 N–H and O–H groups in total. The maximum Gasteiger partial charge on any atom is 0.318 e. The molecule has 1 aliphatic rings. The van der Waals surface area contributed by atoms with E-state index in [1.807, 2.05) is 0 Å². The summed E-state index contributed by atoms with van der Waals surface area (Å²) in [7, 11) is 0. The summed E-state index contributed by atoms with van der Waals surface area (Å²) in [6.07, 6.45) is 4.15. The molecular formula is C11H22N4O2. The van der Waals surface area contributed by atoms with Crippen molar-refractivity contribution in [2.45, 2.75) is 44.7 Å². The number of primary amides is 1. The number of carbonyl (C=O) groups is 2. The highest BCUT2D eigenvalue weighted by molar-refractivity contribution is 5.96. The molecule has 6 heteroatoms. The molecule has 1 saturated heterocycles. The summed E-state index contributed by atoms with van der Waals surface area (Å²) < 4.78 is 0. The summed E-state index contributed by atoms with van der Waals surface area (Å²) in [5.41, 5.74) is 10.4. The molecule has 3 amide bonds. The van der Waals surface area contributed by atoms with E-state index >= 15 is 0 Å². The Bertz CT molecular complexity index is 283. The first-order valence-corrected chi connectivity index (χ1v) is 6.12. The van der Waals surface area contributed by atoms with Gasteiger partial charge in [0.25, 0.3) is 0 Å². The van der Waals surface area contributed by atoms with Crippen molar-refractivity contribution < 1.29 is 9.59 Å². The predicted molar refractivity (Wildman–Crippen MR) is 65.2 cm³/mol. The van der Waals surface area contributed by atoms with Crippen LogP contribution >= 0.6 is 0 Å². The van der Waals surface area contributed by atoms with E-state index in [-0.39, 0.29) is 11.9 Å². The van der Waals surface area contributed by atoms with Gasteiger partial charge in [0.1, 0.15) is 0 Å². The van der Waals surface area contributed by atoms with Crippen molar-refractivity contribution in [3.05, 3.63) is 0 Å². The van der Waals surface area contributed by atoms with Gasteiger partial charge in [-0.15, -0.1) is 0 Å². The molecule has 0 bridgehead atoms. The number of urea groups is 1. The van der Waals surface area contributed by atoms with Gasteiger partial charge in [-0.3, -0.25) is 15.0 Å². The number of imide groups is 1. The van der Waals surface area contributed by atoms with E-state index in [1.54, 1.807) is 6.92 Å². The van der Waals surface area contributed by atoms with Gasteiger partial charge in [0.15, 0.2) is 0 Å². The number of hydrogen-bond acceptors (Lipinski definition) is 4. The lowest BCUT2D eigenvalue weighted by Gasteiger charge is -2.29. The molecule has 0 aliphatic carbocycles. The summed E-state index contributed by atoms with van der Waals surface area (Å²) in [6, 6.07) is -0.709. The van der Waals surface area contributed by atoms with Crippen molar-refractivity contribution >= 4 is 11.9 Å². The van der Waals surface area contributed by atoms with Crippen LogP contribution in [0.2, 0.25) is 0 Å². The molecule has 1 heterocycles. The number of amides is 3. The van der Waals surface area contributed by atoms with Crippen molar-refractivity contribution in [3.63, 3.8) is 0 Å². The molecule has 0 saturated carbocycles. The molecule has 17 heavy (non-hydrogen) atoms. The fourth-order valence-electron chi connectivity index (χ4n) is 2.41. The molecule has 0 spiro atoms. The number of nitrogens with zero attached hydrogens (tertiary/aromatic N) is 1. The summed E-state index contributed by atoms with van der Waals surface area (Å²) in [4.78, 5) is 24.5. The zero-order chi connectivity index (χ0) is 12.8. The Kier molecular flexibility index (Phi) is 5.37. The van der Waals surface area contributed by atoms with Gasteiger partial charge in [0.05, 0.1) is 6.04 Å². The van der Waals surface area contributed by atoms with Crippen LogP contribution in [0.15, 0.2) is 0 Å². The maximum atomic E-state index is 11.7. The van der Waals surface area contributed by atoms with Crippen LogP contribution in [0, 0.1) is 0 Å². The van der Waals surface area contributed by atoms with Gasteiger partial charge in [-0.2, -0.15) is 0 Å². The van der Waals surface area contributed by atoms with Crippen molar-refractivity contribution in [2.24, 2.45) is 11.5 Å². The third-order valence-corrected chi connectivity index (χ3v) is 3.29. The summed E-state index contributed by atoms with van der Waals surface area (Å²) >= 11 is 0. The molecule has 1 fully saturated rings. The van der Waals surface area contributed by atoms with Crippen LogP contribution in [0.25, 0.3) is 0 Å². The van der Waals surface area contributed by atoms with Crippen LogP contribution in [0.1, 0.15) is 32.6 Å². The Hall–Kier alpha value is -1.14. The fraction of sp³-hybridized carbons (Fsp3) is 0.818. The minimum Gasteiger partial charge on any atom is -0.351 e. The quantitative estimate of drug-likeness (QED) is 0.620. The summed E-state index contributed by atoms with van der Waals surface area (Å²) in [5.74, 6) is -0.322. The zero-order valence-corrected chi connectivity index (χ0v) is 10.3. The van der Waals surface area contributed by atoms with E-state index in [0.717, 1.165) is 32.2 Å². The SMILES string of the molecule is CC(C(=O)NC(N)=O)N1CCCC1CCCN. The first-order chi connectivity index (χ1) is 8.06. The molecule has 6 nitrogen and oxygen atoms in total. The molecule has 0 aromatic rings. The number of likely N-dealkylation sites (tertiary alicyclic amines) is 1. The van der Waals surface area contributed by atoms with Gasteiger partial charge in [-0.05, 0) is 45.7 Å². The minimum absolute atomic E-state index is 0.312. The highest BCUT2D eigenvalue weighted by Crippen LogP contribution is 2.23. The fourth-order valence-corrected chi connectivity index (χ4v) is 2.41. The molecular weight excluding hydrogens is 220 g/mol. The number of nitrogens with two attached hydrogens (primary N) is 2. The van der Waals surface area contributed by atoms with E-state index in [2.05, 4.69) is 10.2 Å². The lowest BCUT2D eigenvalue weighted by Crippen LogP contribution is -2.49. The Morgan fingerprint density at radius 1 is 1.53 bits per heavy atom. The second-order valence-corrected chi connectivity index (χ2v) is 4.49. The Balaban J connectivity index is 2.51. The molecule has 1 aliphatic heterocycles. The van der Waals surface area contributed by atoms with Crippen LogP contribution in [0.3, 0.4) is 0 Å². The average Bonchev–Trinajstić information content (AvgIpc) is 2.72. The first-order valence-electron chi connectivity index (χ1n) is 6.12. The lowest BCUT2D eigenvalue weighted by molar-refractivity contribution is -0.125. The van der Waals surface area contributed by atoms with Crippen LogP contribution in [0.4, 0.5) is 4.79 Å². The van der Waals surface area contributed by atoms with Gasteiger partial charge >= 0.3 is 6.03 Å². The van der Waals surface area contributed by atoms with E-state index < -0.39 is 6.03 Å². The van der Waals surface area contributed by atoms with Crippen LogP contribution < -0.4 is 16.8 Å². The minimum atomic E-state index is -0.792. The monoisotopic (exact) mass is 242 g/mol. The molecule has 0 aromatic carbocycles. The van der Waals surface area contributed by atoms with Crippen molar-refractivity contribution in [3.8, 4) is 0 Å². The smallest absolute Gasteiger partial charge is 0.318 e. The molecule has 2 unspecified atom stereocenters. The highest BCUT2D eigenvalue weighted by Gasteiger charge is 2.31. The van der Waals surface area contributed by atoms with E-state index in [4.69, 9.17) is 11.5 Å². The Morgan fingerprint density at radius 2 is 2.24 bits per heavy atom. The molecule has 0 radical (unpaired) electrons. The normalized spacial score (nSPS) is 22.4. The predicted octanol–water partition coefficient (Wildman–Crippen LogP) is -0.227. The maximum absolute atomic E-state index is 11.7. The second-order valence-electron chi connectivity index (χ2n) is 4.49. The number of nitrogens with one attached hydrogen (secondary N) is 1. The van der Waals surface area contributed by atoms with Crippen molar-refractivity contribution in [1.82, 2.24) is 10.2 Å². The van der Waals surface area contributed by atoms with Gasteiger partial charge in [0.2, 0.25) is 5.91 Å². The molecule has 0 aromatic heterocycles. The third kappa shape index (κ3) is 3.98. The standard InChI is InChI=1S/C11H22N4O2/c1-8(10(16)14-11(13)17)15-7-3-5-9(15)4-2-6-12/h8-9H,2-7,12H2,1H3,(H3,13,14,16,17). The van der Waals surface area contributed by atoms with Crippen molar-refractivity contribution in [2.75, 3.05) is 13.1 Å². The lowest BCUT2D eigenvalue weighted by atomic mass is 10.1. The number of carbonyl (C=O) groups excluding carboxylic acids is 2. The molecule has 1 rings (SSSR count). The molecule has 98 valence electrons. The number of rotatable bonds is 5. The van der Waals surface area contributed by atoms with E-state index in [9.17, 15) is 9.59 Å². The van der Waals surface area contributed by atoms with Gasteiger partial charge in [-0.1, -0.05) is 0 Å². The highest BCUT2D eigenvalue weighted by atomic mass is 16.2. The van der Waals surface area contributed by atoms with E-state index in [1.165, 1.54) is 0 Å². The third-order valence-electron chi connectivity index (χ3n) is 3.29. The van der Waals surface area contributed by atoms with Gasteiger partial charge in [-0.25, -0.2) is 4.79 Å². The number of hydrogen-bond donors (Lipinski definition) is 3. The summed E-state index contributed by atoms with van der Waals surface area (Å²) in [6.45, 7) is 3.37. The second kappa shape index (κ2) is 6.56. The van der Waals surface area contributed by atoms with Gasteiger partial charge < -0.3 is 11.5 Å². The van der Waals surface area contributed by atoms with E-state index in [0.29, 0.717) is 12.6 Å². The summed E-state index contributed by atoms with van der Waals surface area (Å²) in [5, 5.41) is 2.13. The van der Waals surface area contributed by atoms with Crippen LogP contribution in [0.5, 0.6) is 0 Å². The largest absolute Gasteiger partial charge is 0.351 e. The van der Waals surface area contributed by atoms with Gasteiger partial charge in [0, 0.05) is 6.04 Å². The molecule has 2 atom stereocenters. The van der Waals surface area contributed by atoms with Crippen LogP contribution in [-0.2, 0) is 4.79 Å².